The maximum Gasteiger partial charge on any atom is 0.188 e. The van der Waals surface area contributed by atoms with E-state index in [1.807, 2.05) is 19.1 Å². The number of hydrogen-bond acceptors (Lipinski definition) is 2. The molecular formula is C6H10N4. The molecule has 1 atom stereocenters. The molecule has 0 aromatic rings. The smallest absolute Gasteiger partial charge is 0.188 e. The van der Waals surface area contributed by atoms with E-state index >= 15 is 0 Å². The monoisotopic (exact) mass is 138 g/mol. The van der Waals surface area contributed by atoms with E-state index in [0.29, 0.717) is 0 Å². The molecule has 0 saturated carbocycles. The molecular weight excluding hydrogens is 128 g/mol. The van der Waals surface area contributed by atoms with Crippen molar-refractivity contribution in [3.63, 3.8) is 0 Å². The van der Waals surface area contributed by atoms with E-state index in [0.717, 1.165) is 0 Å². The van der Waals surface area contributed by atoms with Crippen LogP contribution in [-0.2, 0) is 0 Å². The highest BCUT2D eigenvalue weighted by Gasteiger charge is 2.18. The first-order valence-corrected chi connectivity index (χ1v) is 2.96. The third-order valence-corrected chi connectivity index (χ3v) is 1.19. The number of nitrogens with two attached hydrogens (primary N) is 2. The van der Waals surface area contributed by atoms with Crippen molar-refractivity contribution in [1.82, 2.24) is 0 Å². The van der Waals surface area contributed by atoms with Crippen LogP contribution in [-0.4, -0.2) is 17.8 Å². The van der Waals surface area contributed by atoms with Crippen molar-refractivity contribution in [2.45, 2.75) is 12.6 Å². The van der Waals surface area contributed by atoms with Crippen molar-refractivity contribution < 1.29 is 0 Å². The molecule has 0 saturated heterocycles. The lowest BCUT2D eigenvalue weighted by atomic mass is 10.2. The minimum absolute atomic E-state index is 0.0613. The summed E-state index contributed by atoms with van der Waals surface area (Å²) in [4.78, 5) is 7.92. The van der Waals surface area contributed by atoms with Crippen LogP contribution in [0.3, 0.4) is 0 Å². The number of allylic oxidation sites excluding steroid dienone is 1. The average Bonchev–Trinajstić information content (AvgIpc) is 2.12. The zero-order valence-electron chi connectivity index (χ0n) is 5.78. The van der Waals surface area contributed by atoms with Crippen LogP contribution >= 0.6 is 0 Å². The normalized spacial score (nSPS) is 28.9. The summed E-state index contributed by atoms with van der Waals surface area (Å²) >= 11 is 0. The first-order chi connectivity index (χ1) is 4.62. The standard InChI is InChI=1S/C6H10N4/c1-6(10-5(7)8)3-2-4-9-6/h2-4H,1H3,(H4,7,8,10). The van der Waals surface area contributed by atoms with Gasteiger partial charge in [0.15, 0.2) is 11.6 Å². The van der Waals surface area contributed by atoms with Gasteiger partial charge in [0.1, 0.15) is 0 Å². The number of hydrogen-bond donors (Lipinski definition) is 2. The summed E-state index contributed by atoms with van der Waals surface area (Å²) in [5.41, 5.74) is 9.80. The highest BCUT2D eigenvalue weighted by atomic mass is 15.1. The molecule has 1 aliphatic rings. The lowest BCUT2D eigenvalue weighted by molar-refractivity contribution is 0.635. The average molecular weight is 138 g/mol. The molecule has 0 radical (unpaired) electrons. The molecule has 1 unspecified atom stereocenters. The molecule has 0 aromatic carbocycles. The van der Waals surface area contributed by atoms with Crippen molar-refractivity contribution in [1.29, 1.82) is 0 Å². The molecule has 4 nitrogen and oxygen atoms in total. The number of aliphatic imine (C=N–C) groups is 2. The van der Waals surface area contributed by atoms with E-state index in [9.17, 15) is 0 Å². The Labute approximate surface area is 59.3 Å². The molecule has 0 aliphatic carbocycles. The van der Waals surface area contributed by atoms with Gasteiger partial charge >= 0.3 is 0 Å². The van der Waals surface area contributed by atoms with E-state index in [1.165, 1.54) is 0 Å². The van der Waals surface area contributed by atoms with Gasteiger partial charge in [-0.05, 0) is 19.1 Å². The first-order valence-electron chi connectivity index (χ1n) is 2.96. The number of rotatable bonds is 1. The van der Waals surface area contributed by atoms with Gasteiger partial charge in [-0.15, -0.1) is 0 Å². The molecule has 0 spiro atoms. The minimum atomic E-state index is -0.557. The highest BCUT2D eigenvalue weighted by Crippen LogP contribution is 2.16. The largest absolute Gasteiger partial charge is 0.370 e. The summed E-state index contributed by atoms with van der Waals surface area (Å²) in [5, 5.41) is 0. The Morgan fingerprint density at radius 1 is 1.60 bits per heavy atom. The van der Waals surface area contributed by atoms with Crippen molar-refractivity contribution in [2.24, 2.45) is 21.5 Å². The van der Waals surface area contributed by atoms with E-state index < -0.39 is 5.66 Å². The van der Waals surface area contributed by atoms with Crippen LogP contribution in [0.2, 0.25) is 0 Å². The summed E-state index contributed by atoms with van der Waals surface area (Å²) < 4.78 is 0. The first kappa shape index (κ1) is 6.80. The predicted octanol–water partition coefficient (Wildman–Crippen LogP) is -0.383. The number of nitrogens with zero attached hydrogens (tertiary/aromatic N) is 2. The van der Waals surface area contributed by atoms with Gasteiger partial charge in [0.05, 0.1) is 0 Å². The Kier molecular flexibility index (Phi) is 1.45. The van der Waals surface area contributed by atoms with Crippen LogP contribution in [0.15, 0.2) is 22.1 Å². The maximum atomic E-state index is 5.18. The van der Waals surface area contributed by atoms with Crippen LogP contribution in [0.4, 0.5) is 0 Å². The van der Waals surface area contributed by atoms with E-state index in [2.05, 4.69) is 9.98 Å². The highest BCUT2D eigenvalue weighted by molar-refractivity contribution is 5.79. The Morgan fingerprint density at radius 3 is 2.70 bits per heavy atom. The van der Waals surface area contributed by atoms with E-state index in [1.54, 1.807) is 6.21 Å². The lowest BCUT2D eigenvalue weighted by Gasteiger charge is -2.11. The zero-order valence-corrected chi connectivity index (χ0v) is 5.78. The summed E-state index contributed by atoms with van der Waals surface area (Å²) in [7, 11) is 0. The second-order valence-electron chi connectivity index (χ2n) is 2.27. The van der Waals surface area contributed by atoms with Crippen molar-refractivity contribution in [2.75, 3.05) is 0 Å². The molecule has 0 bridgehead atoms. The van der Waals surface area contributed by atoms with E-state index in [4.69, 9.17) is 11.5 Å². The molecule has 0 fully saturated rings. The molecule has 0 aromatic heterocycles. The van der Waals surface area contributed by atoms with Crippen LogP contribution in [0.1, 0.15) is 6.92 Å². The Morgan fingerprint density at radius 2 is 2.30 bits per heavy atom. The van der Waals surface area contributed by atoms with Crippen LogP contribution in [0, 0.1) is 0 Å². The summed E-state index contributed by atoms with van der Waals surface area (Å²) in [5.74, 6) is 0.0613. The van der Waals surface area contributed by atoms with E-state index in [-0.39, 0.29) is 5.96 Å². The van der Waals surface area contributed by atoms with Gasteiger partial charge in [-0.1, -0.05) is 0 Å². The third-order valence-electron chi connectivity index (χ3n) is 1.19. The fraction of sp³-hybridized carbons (Fsp3) is 0.333. The predicted molar refractivity (Wildman–Crippen MR) is 41.8 cm³/mol. The van der Waals surface area contributed by atoms with Gasteiger partial charge in [-0.25, -0.2) is 4.99 Å². The van der Waals surface area contributed by atoms with Crippen LogP contribution in [0.25, 0.3) is 0 Å². The topological polar surface area (TPSA) is 76.8 Å². The van der Waals surface area contributed by atoms with Gasteiger partial charge in [-0.2, -0.15) is 0 Å². The molecule has 1 aliphatic heterocycles. The van der Waals surface area contributed by atoms with Crippen molar-refractivity contribution in [3.05, 3.63) is 12.2 Å². The Bertz CT molecular complexity index is 198. The number of guanidine groups is 1. The zero-order chi connectivity index (χ0) is 7.61. The molecule has 54 valence electrons. The second-order valence-corrected chi connectivity index (χ2v) is 2.27. The fourth-order valence-electron chi connectivity index (χ4n) is 0.790. The maximum absolute atomic E-state index is 5.18. The fourth-order valence-corrected chi connectivity index (χ4v) is 0.790. The van der Waals surface area contributed by atoms with Gasteiger partial charge in [0.2, 0.25) is 0 Å². The second kappa shape index (κ2) is 2.13. The van der Waals surface area contributed by atoms with Gasteiger partial charge in [0, 0.05) is 6.21 Å². The molecule has 1 rings (SSSR count). The van der Waals surface area contributed by atoms with Crippen molar-refractivity contribution in [3.8, 4) is 0 Å². The van der Waals surface area contributed by atoms with Gasteiger partial charge < -0.3 is 11.5 Å². The lowest BCUT2D eigenvalue weighted by Crippen LogP contribution is -2.28. The molecule has 4 heteroatoms. The summed E-state index contributed by atoms with van der Waals surface area (Å²) in [6.07, 6.45) is 5.31. The quantitative estimate of drug-likeness (QED) is 0.382. The van der Waals surface area contributed by atoms with Crippen molar-refractivity contribution >= 4 is 12.2 Å². The SMILES string of the molecule is CC1(N=C(N)N)C=CC=N1. The van der Waals surface area contributed by atoms with Crippen LogP contribution < -0.4 is 11.5 Å². The Balaban J connectivity index is 2.81. The molecule has 0 amide bonds. The third kappa shape index (κ3) is 1.34. The van der Waals surface area contributed by atoms with Gasteiger partial charge in [0.25, 0.3) is 0 Å². The minimum Gasteiger partial charge on any atom is -0.370 e. The van der Waals surface area contributed by atoms with Crippen LogP contribution in [0.5, 0.6) is 0 Å². The summed E-state index contributed by atoms with van der Waals surface area (Å²) in [6, 6.07) is 0. The Hall–Kier alpha value is -1.32. The van der Waals surface area contributed by atoms with Gasteiger partial charge in [-0.3, -0.25) is 4.99 Å². The summed E-state index contributed by atoms with van der Waals surface area (Å²) in [6.45, 7) is 1.83. The molecule has 1 heterocycles. The molecule has 4 N–H and O–H groups in total. The molecule has 10 heavy (non-hydrogen) atoms.